The molecule has 0 amide bonds. The molecule has 2 rings (SSSR count). The second-order valence-corrected chi connectivity index (χ2v) is 3.49. The third-order valence-corrected chi connectivity index (χ3v) is 2.73. The number of rotatable bonds is 2. The van der Waals surface area contributed by atoms with Crippen LogP contribution in [-0.2, 0) is 0 Å². The van der Waals surface area contributed by atoms with Crippen molar-refractivity contribution < 1.29 is 13.2 Å². The molecule has 2 unspecified atom stereocenters. The van der Waals surface area contributed by atoms with Crippen LogP contribution < -0.4 is 10.6 Å². The van der Waals surface area contributed by atoms with Crippen LogP contribution in [0.5, 0.6) is 0 Å². The molecule has 2 nitrogen and oxygen atoms in total. The average Bonchev–Trinajstić information content (AvgIpc) is 2.64. The van der Waals surface area contributed by atoms with Gasteiger partial charge in [0, 0.05) is 19.1 Å². The average molecular weight is 179 g/mol. The molecule has 1 N–H and O–H groups in total. The highest BCUT2D eigenvalue weighted by molar-refractivity contribution is 5.14. The number of halogens is 3. The second-order valence-electron chi connectivity index (χ2n) is 3.49. The van der Waals surface area contributed by atoms with E-state index < -0.39 is 18.1 Å². The maximum absolute atomic E-state index is 13.0. The van der Waals surface area contributed by atoms with Gasteiger partial charge in [-0.3, -0.25) is 0 Å². The Morgan fingerprint density at radius 3 is 2.67 bits per heavy atom. The highest BCUT2D eigenvalue weighted by Crippen LogP contribution is 2.40. The zero-order valence-electron chi connectivity index (χ0n) is 6.49. The van der Waals surface area contributed by atoms with Crippen molar-refractivity contribution in [3.8, 4) is 0 Å². The van der Waals surface area contributed by atoms with E-state index in [2.05, 4.69) is 10.6 Å². The van der Waals surface area contributed by atoms with Crippen LogP contribution in [0, 0.1) is 0 Å². The first-order valence-electron chi connectivity index (χ1n) is 3.95. The van der Waals surface area contributed by atoms with Gasteiger partial charge in [-0.25, -0.2) is 18.5 Å². The normalized spacial score (nSPS) is 40.8. The van der Waals surface area contributed by atoms with Gasteiger partial charge < -0.3 is 5.32 Å². The van der Waals surface area contributed by atoms with Crippen LogP contribution in [0.1, 0.15) is 6.42 Å². The quantitative estimate of drug-likeness (QED) is 0.648. The van der Waals surface area contributed by atoms with Crippen molar-refractivity contribution in [2.24, 2.45) is 0 Å². The van der Waals surface area contributed by atoms with Crippen LogP contribution in [0.15, 0.2) is 0 Å². The van der Waals surface area contributed by atoms with E-state index in [4.69, 9.17) is 0 Å². The maximum Gasteiger partial charge on any atom is 0.296 e. The van der Waals surface area contributed by atoms with Crippen LogP contribution in [0.25, 0.3) is 0 Å². The minimum absolute atomic E-state index is 0.0439. The summed E-state index contributed by atoms with van der Waals surface area (Å²) in [4.78, 5) is 0. The fourth-order valence-corrected chi connectivity index (χ4v) is 1.92. The molecule has 1 radical (unpaired) electrons. The number of nitrogens with one attached hydrogen (secondary N) is 1. The summed E-state index contributed by atoms with van der Waals surface area (Å²) in [6, 6.07) is 0.0439. The van der Waals surface area contributed by atoms with Crippen molar-refractivity contribution in [2.45, 2.75) is 23.9 Å². The van der Waals surface area contributed by atoms with Gasteiger partial charge in [0.05, 0.1) is 0 Å². The molecular weight excluding hydrogens is 169 g/mol. The Morgan fingerprint density at radius 2 is 2.33 bits per heavy atom. The molecule has 2 fully saturated rings. The highest BCUT2D eigenvalue weighted by Gasteiger charge is 2.61. The lowest BCUT2D eigenvalue weighted by Gasteiger charge is -2.32. The van der Waals surface area contributed by atoms with Crippen molar-refractivity contribution >= 4 is 0 Å². The predicted octanol–water partition coefficient (Wildman–Crippen LogP) is 0.310. The van der Waals surface area contributed by atoms with Gasteiger partial charge in [0.1, 0.15) is 5.54 Å². The van der Waals surface area contributed by atoms with E-state index in [1.807, 2.05) is 0 Å². The van der Waals surface area contributed by atoms with Crippen LogP contribution in [0.4, 0.5) is 13.2 Å². The van der Waals surface area contributed by atoms with Gasteiger partial charge >= 0.3 is 0 Å². The molecule has 0 aliphatic carbocycles. The zero-order chi connectivity index (χ0) is 8.82. The molecule has 2 atom stereocenters. The zero-order valence-corrected chi connectivity index (χ0v) is 6.49. The van der Waals surface area contributed by atoms with Gasteiger partial charge in [-0.15, -0.1) is 0 Å². The van der Waals surface area contributed by atoms with Gasteiger partial charge in [0.25, 0.3) is 5.92 Å². The molecule has 0 spiro atoms. The Labute approximate surface area is 68.5 Å². The fourth-order valence-electron chi connectivity index (χ4n) is 1.92. The summed E-state index contributed by atoms with van der Waals surface area (Å²) in [6.07, 6.45) is 0.282. The van der Waals surface area contributed by atoms with Gasteiger partial charge in [-0.1, -0.05) is 0 Å². The number of nitrogens with zero attached hydrogens (tertiary/aromatic N) is 1. The Morgan fingerprint density at radius 1 is 1.58 bits per heavy atom. The van der Waals surface area contributed by atoms with Gasteiger partial charge in [0.2, 0.25) is 0 Å². The third kappa shape index (κ3) is 0.894. The summed E-state index contributed by atoms with van der Waals surface area (Å²) in [5.74, 6) is -3.29. The first kappa shape index (κ1) is 8.31. The van der Waals surface area contributed by atoms with E-state index in [-0.39, 0.29) is 19.0 Å². The lowest BCUT2D eigenvalue weighted by molar-refractivity contribution is -0.0944. The molecule has 5 heteroatoms. The Kier molecular flexibility index (Phi) is 1.63. The van der Waals surface area contributed by atoms with Crippen molar-refractivity contribution in [3.05, 3.63) is 0 Å². The molecule has 2 heterocycles. The van der Waals surface area contributed by atoms with E-state index in [0.29, 0.717) is 6.54 Å². The van der Waals surface area contributed by atoms with Crippen LogP contribution in [0.3, 0.4) is 0 Å². The van der Waals surface area contributed by atoms with E-state index >= 15 is 0 Å². The Bertz CT molecular complexity index is 187. The van der Waals surface area contributed by atoms with Gasteiger partial charge in [-0.05, 0) is 6.42 Å². The van der Waals surface area contributed by atoms with Crippen LogP contribution in [0.2, 0.25) is 0 Å². The third-order valence-electron chi connectivity index (χ3n) is 2.73. The molecule has 2 aliphatic rings. The Hall–Kier alpha value is -0.290. The first-order valence-corrected chi connectivity index (χ1v) is 3.95. The Balaban J connectivity index is 2.21. The molecule has 69 valence electrons. The van der Waals surface area contributed by atoms with Crippen molar-refractivity contribution in [1.29, 1.82) is 0 Å². The monoisotopic (exact) mass is 179 g/mol. The number of fused-ring (bicyclic) bond motifs is 2. The topological polar surface area (TPSA) is 26.1 Å². The predicted molar refractivity (Wildman–Crippen MR) is 37.1 cm³/mol. The minimum Gasteiger partial charge on any atom is -0.310 e. The molecule has 12 heavy (non-hydrogen) atoms. The molecule has 2 bridgehead atoms. The van der Waals surface area contributed by atoms with E-state index in [9.17, 15) is 13.2 Å². The first-order chi connectivity index (χ1) is 5.60. The summed E-state index contributed by atoms with van der Waals surface area (Å²) in [6.45, 7) is -1.09. The molecular formula is C7H10F3N2. The summed E-state index contributed by atoms with van der Waals surface area (Å²) < 4.78 is 38.1. The van der Waals surface area contributed by atoms with E-state index in [1.54, 1.807) is 0 Å². The SMILES string of the molecule is FCC(F)(F)C12CNC(C[N]1)C2. The summed E-state index contributed by atoms with van der Waals surface area (Å²) in [5, 5.41) is 6.72. The maximum atomic E-state index is 13.0. The van der Waals surface area contributed by atoms with Gasteiger partial charge in [0.15, 0.2) is 6.67 Å². The van der Waals surface area contributed by atoms with E-state index in [1.165, 1.54) is 0 Å². The minimum atomic E-state index is -3.29. The molecule has 2 saturated heterocycles. The standard InChI is InChI=1S/C7H10F3N2/c8-3-7(9,10)6-1-5(2-12-6)11-4-6/h5,11H,1-4H2. The molecule has 0 saturated carbocycles. The lowest BCUT2D eigenvalue weighted by atomic mass is 9.92. The summed E-state index contributed by atoms with van der Waals surface area (Å²) >= 11 is 0. The number of piperazine rings is 1. The van der Waals surface area contributed by atoms with E-state index in [0.717, 1.165) is 0 Å². The number of alkyl halides is 3. The van der Waals surface area contributed by atoms with Crippen molar-refractivity contribution in [2.75, 3.05) is 19.8 Å². The van der Waals surface area contributed by atoms with Crippen molar-refractivity contribution in [3.63, 3.8) is 0 Å². The molecule has 2 aliphatic heterocycles. The van der Waals surface area contributed by atoms with Gasteiger partial charge in [-0.2, -0.15) is 0 Å². The number of hydrogen-bond donors (Lipinski definition) is 1. The summed E-state index contributed by atoms with van der Waals surface area (Å²) in [5.41, 5.74) is -1.44. The molecule has 0 aromatic carbocycles. The van der Waals surface area contributed by atoms with Crippen molar-refractivity contribution in [1.82, 2.24) is 10.6 Å². The van der Waals surface area contributed by atoms with Crippen LogP contribution >= 0.6 is 0 Å². The largest absolute Gasteiger partial charge is 0.310 e. The van der Waals surface area contributed by atoms with Crippen LogP contribution in [-0.4, -0.2) is 37.3 Å². The summed E-state index contributed by atoms with van der Waals surface area (Å²) in [7, 11) is 0. The second kappa shape index (κ2) is 2.35. The molecule has 0 aromatic heterocycles. The smallest absolute Gasteiger partial charge is 0.296 e. The lowest BCUT2D eigenvalue weighted by Crippen LogP contribution is -2.58. The highest BCUT2D eigenvalue weighted by atomic mass is 19.3. The molecule has 0 aromatic rings. The fraction of sp³-hybridized carbons (Fsp3) is 1.00. The number of hydrogen-bond acceptors (Lipinski definition) is 1.